The van der Waals surface area contributed by atoms with Gasteiger partial charge in [-0.15, -0.1) is 0 Å². The van der Waals surface area contributed by atoms with E-state index >= 15 is 0 Å². The van der Waals surface area contributed by atoms with Gasteiger partial charge in [0.2, 0.25) is 14.6 Å². The standard InChI is InChI=1S/C30H22ClNO3S/c1-21-20-28(32-27-15-9-8-14-26(21)27)30(23-12-6-3-7-13-23,29(33)22-10-4-2-5-11-22)36(34,35)25-18-16-24(31)17-19-25/h2-20H,1H3/t30-/m0/s1. The minimum Gasteiger partial charge on any atom is -0.292 e. The lowest BCUT2D eigenvalue weighted by Gasteiger charge is -2.33. The molecular weight excluding hydrogens is 490 g/mol. The molecule has 4 nitrogen and oxygen atoms in total. The van der Waals surface area contributed by atoms with Gasteiger partial charge in [-0.3, -0.25) is 9.78 Å². The fourth-order valence-corrected chi connectivity index (χ4v) is 6.76. The normalized spacial score (nSPS) is 13.3. The van der Waals surface area contributed by atoms with Crippen LogP contribution in [0.4, 0.5) is 0 Å². The van der Waals surface area contributed by atoms with Gasteiger partial charge in [-0.25, -0.2) is 8.42 Å². The molecule has 1 aromatic heterocycles. The lowest BCUT2D eigenvalue weighted by molar-refractivity contribution is 0.0953. The Morgan fingerprint density at radius 2 is 1.36 bits per heavy atom. The molecule has 5 rings (SSSR count). The highest BCUT2D eigenvalue weighted by Gasteiger charge is 2.55. The molecule has 178 valence electrons. The Balaban J connectivity index is 1.95. The van der Waals surface area contributed by atoms with Crippen molar-refractivity contribution in [1.29, 1.82) is 0 Å². The van der Waals surface area contributed by atoms with E-state index in [9.17, 15) is 13.2 Å². The number of aryl methyl sites for hydroxylation is 1. The highest BCUT2D eigenvalue weighted by atomic mass is 35.5. The second kappa shape index (κ2) is 9.34. The number of fused-ring (bicyclic) bond motifs is 1. The molecule has 0 unspecified atom stereocenters. The quantitative estimate of drug-likeness (QED) is 0.235. The molecule has 0 aliphatic rings. The van der Waals surface area contributed by atoms with Crippen molar-refractivity contribution in [3.05, 3.63) is 143 Å². The Morgan fingerprint density at radius 3 is 2.03 bits per heavy atom. The van der Waals surface area contributed by atoms with Crippen LogP contribution in [0.15, 0.2) is 120 Å². The van der Waals surface area contributed by atoms with Gasteiger partial charge in [-0.2, -0.15) is 0 Å². The van der Waals surface area contributed by atoms with Crippen LogP contribution in [0, 0.1) is 6.92 Å². The molecule has 0 spiro atoms. The molecule has 5 aromatic rings. The number of ketones is 1. The maximum atomic E-state index is 14.7. The lowest BCUT2D eigenvalue weighted by Crippen LogP contribution is -2.45. The van der Waals surface area contributed by atoms with E-state index in [1.165, 1.54) is 24.3 Å². The van der Waals surface area contributed by atoms with Crippen LogP contribution in [0.3, 0.4) is 0 Å². The number of halogens is 1. The molecule has 36 heavy (non-hydrogen) atoms. The van der Waals surface area contributed by atoms with Crippen LogP contribution < -0.4 is 0 Å². The zero-order valence-corrected chi connectivity index (χ0v) is 21.0. The largest absolute Gasteiger partial charge is 0.292 e. The van der Waals surface area contributed by atoms with E-state index in [1.54, 1.807) is 66.7 Å². The fraction of sp³-hybridized carbons (Fsp3) is 0.0667. The first-order chi connectivity index (χ1) is 17.4. The molecule has 0 N–H and O–H groups in total. The van der Waals surface area contributed by atoms with Gasteiger partial charge in [0, 0.05) is 16.0 Å². The number of hydrogen-bond acceptors (Lipinski definition) is 4. The Labute approximate surface area is 215 Å². The van der Waals surface area contributed by atoms with E-state index in [0.717, 1.165) is 10.9 Å². The van der Waals surface area contributed by atoms with Gasteiger partial charge >= 0.3 is 0 Å². The molecule has 1 heterocycles. The number of aromatic nitrogens is 1. The van der Waals surface area contributed by atoms with Crippen LogP contribution >= 0.6 is 11.6 Å². The van der Waals surface area contributed by atoms with Gasteiger partial charge < -0.3 is 0 Å². The number of benzene rings is 4. The molecule has 0 saturated heterocycles. The van der Waals surface area contributed by atoms with Gasteiger partial charge in [0.1, 0.15) is 0 Å². The Bertz CT molecular complexity index is 1670. The third-order valence-electron chi connectivity index (χ3n) is 6.35. The summed E-state index contributed by atoms with van der Waals surface area (Å²) in [5.74, 6) is -0.577. The van der Waals surface area contributed by atoms with Crippen molar-refractivity contribution in [2.75, 3.05) is 0 Å². The van der Waals surface area contributed by atoms with E-state index in [-0.39, 0.29) is 16.2 Å². The predicted octanol–water partition coefficient (Wildman–Crippen LogP) is 6.80. The number of Topliss-reactive ketones (excluding diaryl/α,β-unsaturated/α-hetero) is 1. The number of sulfone groups is 1. The zero-order valence-electron chi connectivity index (χ0n) is 19.4. The molecule has 6 heteroatoms. The number of rotatable bonds is 6. The monoisotopic (exact) mass is 511 g/mol. The van der Waals surface area contributed by atoms with Crippen LogP contribution in [0.1, 0.15) is 27.2 Å². The number of carbonyl (C=O) groups is 1. The summed E-state index contributed by atoms with van der Waals surface area (Å²) >= 11 is 6.08. The van der Waals surface area contributed by atoms with Crippen molar-refractivity contribution < 1.29 is 13.2 Å². The van der Waals surface area contributed by atoms with E-state index in [0.29, 0.717) is 16.1 Å². The average molecular weight is 512 g/mol. The number of pyridine rings is 1. The van der Waals surface area contributed by atoms with Crippen LogP contribution in [0.2, 0.25) is 5.02 Å². The number of hydrogen-bond donors (Lipinski definition) is 0. The molecular formula is C30H22ClNO3S. The lowest BCUT2D eigenvalue weighted by atomic mass is 9.85. The summed E-state index contributed by atoms with van der Waals surface area (Å²) in [7, 11) is -4.39. The van der Waals surface area contributed by atoms with Crippen molar-refractivity contribution >= 4 is 38.1 Å². The Hall–Kier alpha value is -3.80. The fourth-order valence-electron chi connectivity index (χ4n) is 4.60. The summed E-state index contributed by atoms with van der Waals surface area (Å²) in [6.07, 6.45) is 0. The number of carbonyl (C=O) groups excluding carboxylic acids is 1. The van der Waals surface area contributed by atoms with Gasteiger partial charge in [-0.05, 0) is 54.4 Å². The maximum absolute atomic E-state index is 14.7. The summed E-state index contributed by atoms with van der Waals surface area (Å²) < 4.78 is 27.3. The highest BCUT2D eigenvalue weighted by molar-refractivity contribution is 7.93. The average Bonchev–Trinajstić information content (AvgIpc) is 2.90. The summed E-state index contributed by atoms with van der Waals surface area (Å²) in [6, 6.07) is 32.2. The van der Waals surface area contributed by atoms with Gasteiger partial charge in [0.25, 0.3) is 0 Å². The van der Waals surface area contributed by atoms with Crippen LogP contribution in [-0.4, -0.2) is 19.2 Å². The summed E-state index contributed by atoms with van der Waals surface area (Å²) in [6.45, 7) is 1.89. The first kappa shape index (κ1) is 23.9. The minimum absolute atomic E-state index is 0.0207. The number of para-hydroxylation sites is 1. The minimum atomic E-state index is -4.39. The second-order valence-electron chi connectivity index (χ2n) is 8.54. The molecule has 0 radical (unpaired) electrons. The maximum Gasteiger partial charge on any atom is 0.206 e. The first-order valence-electron chi connectivity index (χ1n) is 11.4. The van der Waals surface area contributed by atoms with Crippen molar-refractivity contribution in [2.24, 2.45) is 0 Å². The SMILES string of the molecule is Cc1cc([C@](C(=O)c2ccccc2)(c2ccccc2)S(=O)(=O)c2ccc(Cl)cc2)nc2ccccc12. The molecule has 0 aliphatic heterocycles. The molecule has 0 fully saturated rings. The van der Waals surface area contributed by atoms with Gasteiger partial charge in [-0.1, -0.05) is 90.5 Å². The van der Waals surface area contributed by atoms with Crippen molar-refractivity contribution in [3.8, 4) is 0 Å². The highest BCUT2D eigenvalue weighted by Crippen LogP contribution is 2.44. The van der Waals surface area contributed by atoms with E-state index in [1.807, 2.05) is 31.2 Å². The molecule has 0 saturated carbocycles. The van der Waals surface area contributed by atoms with Crippen LogP contribution in [-0.2, 0) is 14.6 Å². The van der Waals surface area contributed by atoms with E-state index < -0.39 is 20.4 Å². The third kappa shape index (κ3) is 3.81. The predicted molar refractivity (Wildman–Crippen MR) is 143 cm³/mol. The van der Waals surface area contributed by atoms with Gasteiger partial charge in [0.15, 0.2) is 5.78 Å². The topological polar surface area (TPSA) is 64.1 Å². The molecule has 0 amide bonds. The molecule has 1 atom stereocenters. The van der Waals surface area contributed by atoms with Crippen molar-refractivity contribution in [3.63, 3.8) is 0 Å². The smallest absolute Gasteiger partial charge is 0.206 e. The zero-order chi connectivity index (χ0) is 25.3. The summed E-state index contributed by atoms with van der Waals surface area (Å²) in [4.78, 5) is 19.4. The third-order valence-corrected chi connectivity index (χ3v) is 8.93. The Kier molecular flexibility index (Phi) is 6.20. The molecule has 0 bridgehead atoms. The van der Waals surface area contributed by atoms with Crippen LogP contribution in [0.5, 0.6) is 0 Å². The van der Waals surface area contributed by atoms with Gasteiger partial charge in [0.05, 0.1) is 16.1 Å². The molecule has 0 aliphatic carbocycles. The molecule has 4 aromatic carbocycles. The summed E-state index contributed by atoms with van der Waals surface area (Å²) in [5.41, 5.74) is 2.17. The van der Waals surface area contributed by atoms with E-state index in [4.69, 9.17) is 16.6 Å². The first-order valence-corrected chi connectivity index (χ1v) is 13.2. The number of nitrogens with zero attached hydrogens (tertiary/aromatic N) is 1. The van der Waals surface area contributed by atoms with E-state index in [2.05, 4.69) is 0 Å². The second-order valence-corrected chi connectivity index (χ2v) is 11.1. The summed E-state index contributed by atoms with van der Waals surface area (Å²) in [5, 5.41) is 1.28. The van der Waals surface area contributed by atoms with Crippen molar-refractivity contribution in [2.45, 2.75) is 16.6 Å². The van der Waals surface area contributed by atoms with Crippen LogP contribution in [0.25, 0.3) is 10.9 Å². The Morgan fingerprint density at radius 1 is 0.778 bits per heavy atom. The van der Waals surface area contributed by atoms with Crippen molar-refractivity contribution in [1.82, 2.24) is 4.98 Å².